The summed E-state index contributed by atoms with van der Waals surface area (Å²) >= 11 is 6.00. The first kappa shape index (κ1) is 18.4. The maximum absolute atomic E-state index is 12.5. The van der Waals surface area contributed by atoms with Gasteiger partial charge < -0.3 is 5.32 Å². The first-order valence-corrected chi connectivity index (χ1v) is 10.7. The first-order valence-electron chi connectivity index (χ1n) is 7.26. The number of sulfonamides is 1. The van der Waals surface area contributed by atoms with Gasteiger partial charge in [0.15, 0.2) is 0 Å². The Bertz CT molecular complexity index is 1160. The second kappa shape index (κ2) is 6.42. The van der Waals surface area contributed by atoms with E-state index in [1.54, 1.807) is 0 Å². The third-order valence-electron chi connectivity index (χ3n) is 3.56. The molecule has 136 valence electrons. The molecule has 7 nitrogen and oxygen atoms in total. The lowest BCUT2D eigenvalue weighted by molar-refractivity contribution is -0.114. The number of sulfone groups is 1. The van der Waals surface area contributed by atoms with Crippen LogP contribution < -0.4 is 10.0 Å². The molecule has 0 spiro atoms. The van der Waals surface area contributed by atoms with Crippen molar-refractivity contribution >= 4 is 54.8 Å². The molecule has 10 heteroatoms. The molecule has 1 aliphatic rings. The van der Waals surface area contributed by atoms with E-state index in [-0.39, 0.29) is 32.1 Å². The molecule has 26 heavy (non-hydrogen) atoms. The van der Waals surface area contributed by atoms with Crippen LogP contribution in [0.1, 0.15) is 12.5 Å². The summed E-state index contributed by atoms with van der Waals surface area (Å²) in [5.74, 6) is -0.339. The molecule has 0 fully saturated rings. The Morgan fingerprint density at radius 1 is 1.12 bits per heavy atom. The lowest BCUT2D eigenvalue weighted by atomic mass is 10.2. The Balaban J connectivity index is 1.91. The fraction of sp³-hybridized carbons (Fsp3) is 0.0625. The summed E-state index contributed by atoms with van der Waals surface area (Å²) in [4.78, 5) is 11.0. The summed E-state index contributed by atoms with van der Waals surface area (Å²) in [6.45, 7) is 1.30. The van der Waals surface area contributed by atoms with E-state index in [9.17, 15) is 21.6 Å². The van der Waals surface area contributed by atoms with Crippen molar-refractivity contribution in [2.75, 3.05) is 10.0 Å². The zero-order valence-electron chi connectivity index (χ0n) is 13.4. The van der Waals surface area contributed by atoms with Crippen LogP contribution in [0.25, 0.3) is 6.08 Å². The molecule has 2 aromatic rings. The van der Waals surface area contributed by atoms with Crippen molar-refractivity contribution in [3.8, 4) is 0 Å². The van der Waals surface area contributed by atoms with Gasteiger partial charge in [-0.2, -0.15) is 0 Å². The molecule has 0 bridgehead atoms. The molecule has 1 amide bonds. The Morgan fingerprint density at radius 3 is 2.50 bits per heavy atom. The van der Waals surface area contributed by atoms with Crippen molar-refractivity contribution in [2.45, 2.75) is 16.7 Å². The number of carbonyl (C=O) groups is 1. The molecular formula is C16H13ClN2O5S2. The average molecular weight is 413 g/mol. The molecule has 0 saturated carbocycles. The van der Waals surface area contributed by atoms with Gasteiger partial charge in [-0.25, -0.2) is 16.8 Å². The van der Waals surface area contributed by atoms with Gasteiger partial charge in [0, 0.05) is 12.3 Å². The quantitative estimate of drug-likeness (QED) is 0.802. The molecule has 0 radical (unpaired) electrons. The molecule has 0 aromatic heterocycles. The number of fused-ring (bicyclic) bond motifs is 1. The molecule has 1 heterocycles. The number of anilines is 2. The average Bonchev–Trinajstić information content (AvgIpc) is 2.84. The number of rotatable bonds is 4. The van der Waals surface area contributed by atoms with E-state index >= 15 is 0 Å². The molecular weight excluding hydrogens is 400 g/mol. The Kier molecular flexibility index (Phi) is 4.55. The van der Waals surface area contributed by atoms with Gasteiger partial charge in [0.2, 0.25) is 15.7 Å². The van der Waals surface area contributed by atoms with Gasteiger partial charge in [-0.1, -0.05) is 17.7 Å². The largest absolute Gasteiger partial charge is 0.325 e. The van der Waals surface area contributed by atoms with Crippen molar-refractivity contribution in [3.05, 3.63) is 52.4 Å². The number of benzene rings is 2. The highest BCUT2D eigenvalue weighted by Gasteiger charge is 2.22. The standard InChI is InChI=1S/C16H13ClN2O5S2/c1-10(20)18-15-5-4-13(9-14(15)17)26(23,24)19-12-3-2-11-6-7-25(21,22)16(11)8-12/h2-9,19H,1H3,(H,18,20). The smallest absolute Gasteiger partial charge is 0.261 e. The van der Waals surface area contributed by atoms with Crippen molar-refractivity contribution in [2.24, 2.45) is 0 Å². The van der Waals surface area contributed by atoms with E-state index in [1.165, 1.54) is 49.4 Å². The normalized spacial score (nSPS) is 14.7. The van der Waals surface area contributed by atoms with Crippen LogP contribution in [0.15, 0.2) is 51.6 Å². The maximum atomic E-state index is 12.5. The molecule has 0 unspecified atom stereocenters. The van der Waals surface area contributed by atoms with E-state index in [2.05, 4.69) is 10.0 Å². The van der Waals surface area contributed by atoms with Crippen molar-refractivity contribution in [1.82, 2.24) is 0 Å². The molecule has 2 aromatic carbocycles. The van der Waals surface area contributed by atoms with Crippen LogP contribution in [-0.4, -0.2) is 22.7 Å². The molecule has 0 saturated heterocycles. The number of carbonyl (C=O) groups excluding carboxylic acids is 1. The van der Waals surface area contributed by atoms with E-state index in [1.807, 2.05) is 0 Å². The van der Waals surface area contributed by atoms with Gasteiger partial charge in [-0.05, 0) is 42.0 Å². The molecule has 0 atom stereocenters. The summed E-state index contributed by atoms with van der Waals surface area (Å²) in [6.07, 6.45) is 1.45. The summed E-state index contributed by atoms with van der Waals surface area (Å²) in [5, 5.41) is 3.60. The summed E-state index contributed by atoms with van der Waals surface area (Å²) < 4.78 is 51.2. The third-order valence-corrected chi connectivity index (χ3v) is 6.71. The van der Waals surface area contributed by atoms with Gasteiger partial charge >= 0.3 is 0 Å². The predicted molar refractivity (Wildman–Crippen MR) is 99.2 cm³/mol. The van der Waals surface area contributed by atoms with E-state index < -0.39 is 19.9 Å². The molecule has 2 N–H and O–H groups in total. The van der Waals surface area contributed by atoms with Crippen molar-refractivity contribution in [3.63, 3.8) is 0 Å². The van der Waals surface area contributed by atoms with Crippen LogP contribution in [0.5, 0.6) is 0 Å². The van der Waals surface area contributed by atoms with E-state index in [0.29, 0.717) is 5.56 Å². The molecule has 3 rings (SSSR count). The number of halogens is 1. The van der Waals surface area contributed by atoms with Crippen molar-refractivity contribution < 1.29 is 21.6 Å². The zero-order chi connectivity index (χ0) is 19.1. The van der Waals surface area contributed by atoms with Gasteiger partial charge in [0.25, 0.3) is 10.0 Å². The highest BCUT2D eigenvalue weighted by atomic mass is 35.5. The van der Waals surface area contributed by atoms with Crippen LogP contribution in [-0.2, 0) is 24.7 Å². The minimum Gasteiger partial charge on any atom is -0.325 e. The predicted octanol–water partition coefficient (Wildman–Crippen LogP) is 2.86. The Labute approximate surface area is 155 Å². The van der Waals surface area contributed by atoms with Crippen LogP contribution >= 0.6 is 11.6 Å². The van der Waals surface area contributed by atoms with E-state index in [4.69, 9.17) is 11.6 Å². The zero-order valence-corrected chi connectivity index (χ0v) is 15.7. The lowest BCUT2D eigenvalue weighted by Crippen LogP contribution is -2.14. The first-order chi connectivity index (χ1) is 12.1. The van der Waals surface area contributed by atoms with E-state index in [0.717, 1.165) is 5.41 Å². The number of hydrogen-bond donors (Lipinski definition) is 2. The topological polar surface area (TPSA) is 109 Å². The van der Waals surface area contributed by atoms with Crippen LogP contribution in [0.3, 0.4) is 0 Å². The molecule has 0 aliphatic carbocycles. The maximum Gasteiger partial charge on any atom is 0.261 e. The minimum atomic E-state index is -4.00. The van der Waals surface area contributed by atoms with Gasteiger partial charge in [0.05, 0.1) is 26.2 Å². The number of hydrogen-bond acceptors (Lipinski definition) is 5. The number of amides is 1. The highest BCUT2D eigenvalue weighted by molar-refractivity contribution is 7.95. The second-order valence-electron chi connectivity index (χ2n) is 5.53. The van der Waals surface area contributed by atoms with Crippen LogP contribution in [0, 0.1) is 0 Å². The Hall–Kier alpha value is -2.36. The SMILES string of the molecule is CC(=O)Nc1ccc(S(=O)(=O)Nc2ccc3c(c2)S(=O)(=O)C=C3)cc1Cl. The highest BCUT2D eigenvalue weighted by Crippen LogP contribution is 2.31. The van der Waals surface area contributed by atoms with Crippen LogP contribution in [0.2, 0.25) is 5.02 Å². The van der Waals surface area contributed by atoms with Crippen LogP contribution in [0.4, 0.5) is 11.4 Å². The monoisotopic (exact) mass is 412 g/mol. The van der Waals surface area contributed by atoms with Gasteiger partial charge in [-0.15, -0.1) is 0 Å². The van der Waals surface area contributed by atoms with Crippen molar-refractivity contribution in [1.29, 1.82) is 0 Å². The molecule has 1 aliphatic heterocycles. The summed E-state index contributed by atoms with van der Waals surface area (Å²) in [7, 11) is -7.55. The van der Waals surface area contributed by atoms with Gasteiger partial charge in [-0.3, -0.25) is 9.52 Å². The summed E-state index contributed by atoms with van der Waals surface area (Å²) in [5.41, 5.74) is 0.890. The minimum absolute atomic E-state index is 0.0386. The lowest BCUT2D eigenvalue weighted by Gasteiger charge is -2.11. The van der Waals surface area contributed by atoms with Gasteiger partial charge in [0.1, 0.15) is 0 Å². The fourth-order valence-electron chi connectivity index (χ4n) is 2.39. The third kappa shape index (κ3) is 3.59. The summed E-state index contributed by atoms with van der Waals surface area (Å²) in [6, 6.07) is 8.09. The Morgan fingerprint density at radius 2 is 1.85 bits per heavy atom. The fourth-order valence-corrected chi connectivity index (χ4v) is 4.98. The second-order valence-corrected chi connectivity index (χ2v) is 9.42. The number of nitrogens with one attached hydrogen (secondary N) is 2.